The molecule has 4 heteroatoms. The molecule has 2 heterocycles. The van der Waals surface area contributed by atoms with Crippen LogP contribution in [-0.4, -0.2) is 29.3 Å². The lowest BCUT2D eigenvalue weighted by Gasteiger charge is -2.48. The largest absolute Gasteiger partial charge is 0.366 e. The van der Waals surface area contributed by atoms with E-state index in [1.807, 2.05) is 13.8 Å². The molecule has 2 rings (SSSR count). The standard InChI is InChI=1S/C16H27N3O/c1-11-7-14(13(8-17)12(2)18-11)19-9-15(3,4)20-16(5,6)10-19/h7H,8-10,17H2,1-6H3. The second-order valence-electron chi connectivity index (χ2n) is 7.03. The van der Waals surface area contributed by atoms with Gasteiger partial charge >= 0.3 is 0 Å². The lowest BCUT2D eigenvalue weighted by Crippen LogP contribution is -2.57. The second kappa shape index (κ2) is 5.01. The molecule has 112 valence electrons. The van der Waals surface area contributed by atoms with Gasteiger partial charge in [-0.3, -0.25) is 4.98 Å². The predicted octanol–water partition coefficient (Wildman–Crippen LogP) is 2.55. The minimum absolute atomic E-state index is 0.168. The first kappa shape index (κ1) is 15.3. The first-order valence-electron chi connectivity index (χ1n) is 7.26. The molecule has 0 spiro atoms. The molecule has 0 amide bonds. The summed E-state index contributed by atoms with van der Waals surface area (Å²) in [5, 5.41) is 0. The summed E-state index contributed by atoms with van der Waals surface area (Å²) < 4.78 is 6.16. The number of nitrogens with zero attached hydrogens (tertiary/aromatic N) is 2. The molecule has 1 aliphatic heterocycles. The van der Waals surface area contributed by atoms with E-state index >= 15 is 0 Å². The van der Waals surface area contributed by atoms with E-state index in [9.17, 15) is 0 Å². The second-order valence-corrected chi connectivity index (χ2v) is 7.03. The monoisotopic (exact) mass is 277 g/mol. The summed E-state index contributed by atoms with van der Waals surface area (Å²) >= 11 is 0. The van der Waals surface area contributed by atoms with Crippen molar-refractivity contribution in [1.82, 2.24) is 4.98 Å². The minimum Gasteiger partial charge on any atom is -0.366 e. The van der Waals surface area contributed by atoms with E-state index in [0.717, 1.165) is 30.0 Å². The quantitative estimate of drug-likeness (QED) is 0.902. The maximum Gasteiger partial charge on any atom is 0.0808 e. The zero-order chi connectivity index (χ0) is 15.1. The van der Waals surface area contributed by atoms with Crippen molar-refractivity contribution in [3.05, 3.63) is 23.0 Å². The van der Waals surface area contributed by atoms with Crippen LogP contribution in [0.4, 0.5) is 5.69 Å². The van der Waals surface area contributed by atoms with Crippen molar-refractivity contribution in [3.63, 3.8) is 0 Å². The molecule has 0 radical (unpaired) electrons. The summed E-state index contributed by atoms with van der Waals surface area (Å²) in [4.78, 5) is 6.93. The molecule has 4 nitrogen and oxygen atoms in total. The van der Waals surface area contributed by atoms with Gasteiger partial charge in [-0.1, -0.05) is 0 Å². The van der Waals surface area contributed by atoms with Crippen LogP contribution in [0.25, 0.3) is 0 Å². The van der Waals surface area contributed by atoms with E-state index in [0.29, 0.717) is 6.54 Å². The van der Waals surface area contributed by atoms with Gasteiger partial charge in [-0.05, 0) is 47.6 Å². The van der Waals surface area contributed by atoms with E-state index in [1.165, 1.54) is 5.69 Å². The summed E-state index contributed by atoms with van der Waals surface area (Å²) in [5.74, 6) is 0. The Balaban J connectivity index is 2.45. The molecule has 0 unspecified atom stereocenters. The highest BCUT2D eigenvalue weighted by Gasteiger charge is 2.38. The molecule has 2 N–H and O–H groups in total. The number of rotatable bonds is 2. The highest BCUT2D eigenvalue weighted by Crippen LogP contribution is 2.33. The first-order chi connectivity index (χ1) is 9.13. The van der Waals surface area contributed by atoms with Crippen molar-refractivity contribution in [2.75, 3.05) is 18.0 Å². The SMILES string of the molecule is Cc1cc(N2CC(C)(C)OC(C)(C)C2)c(CN)c(C)n1. The molecule has 1 aliphatic rings. The molecule has 20 heavy (non-hydrogen) atoms. The summed E-state index contributed by atoms with van der Waals surface area (Å²) in [6.07, 6.45) is 0. The molecule has 0 aliphatic carbocycles. The molecule has 0 aromatic carbocycles. The van der Waals surface area contributed by atoms with Gasteiger partial charge in [-0.2, -0.15) is 0 Å². The zero-order valence-corrected chi connectivity index (χ0v) is 13.6. The van der Waals surface area contributed by atoms with Crippen LogP contribution in [-0.2, 0) is 11.3 Å². The van der Waals surface area contributed by atoms with Crippen LogP contribution in [0.2, 0.25) is 0 Å². The van der Waals surface area contributed by atoms with Crippen LogP contribution in [0.5, 0.6) is 0 Å². The number of hydrogen-bond donors (Lipinski definition) is 1. The fourth-order valence-electron chi connectivity index (χ4n) is 3.33. The van der Waals surface area contributed by atoms with Gasteiger partial charge in [-0.15, -0.1) is 0 Å². The summed E-state index contributed by atoms with van der Waals surface area (Å²) in [7, 11) is 0. The minimum atomic E-state index is -0.168. The number of ether oxygens (including phenoxy) is 1. The summed E-state index contributed by atoms with van der Waals surface area (Å²) in [6, 6.07) is 2.15. The third-order valence-corrected chi connectivity index (χ3v) is 3.68. The Morgan fingerprint density at radius 1 is 1.20 bits per heavy atom. The van der Waals surface area contributed by atoms with Crippen molar-refractivity contribution >= 4 is 5.69 Å². The fourth-order valence-corrected chi connectivity index (χ4v) is 3.33. The van der Waals surface area contributed by atoms with Gasteiger partial charge in [0.25, 0.3) is 0 Å². The normalized spacial score (nSPS) is 21.1. The van der Waals surface area contributed by atoms with Crippen molar-refractivity contribution in [2.45, 2.75) is 59.3 Å². The number of nitrogens with two attached hydrogens (primary N) is 1. The predicted molar refractivity (Wildman–Crippen MR) is 83.1 cm³/mol. The van der Waals surface area contributed by atoms with Crippen LogP contribution < -0.4 is 10.6 Å². The number of aromatic nitrogens is 1. The van der Waals surface area contributed by atoms with Crippen molar-refractivity contribution in [3.8, 4) is 0 Å². The number of aryl methyl sites for hydroxylation is 2. The van der Waals surface area contributed by atoms with E-state index < -0.39 is 0 Å². The first-order valence-corrected chi connectivity index (χ1v) is 7.26. The molecule has 1 saturated heterocycles. The van der Waals surface area contributed by atoms with E-state index in [4.69, 9.17) is 10.5 Å². The number of morpholine rings is 1. The van der Waals surface area contributed by atoms with Crippen molar-refractivity contribution < 1.29 is 4.74 Å². The Kier molecular flexibility index (Phi) is 3.82. The Morgan fingerprint density at radius 2 is 1.75 bits per heavy atom. The van der Waals surface area contributed by atoms with Crippen LogP contribution in [0, 0.1) is 13.8 Å². The van der Waals surface area contributed by atoms with Crippen LogP contribution in [0.1, 0.15) is 44.6 Å². The van der Waals surface area contributed by atoms with Gasteiger partial charge in [0, 0.05) is 42.3 Å². The average molecular weight is 277 g/mol. The Bertz CT molecular complexity index is 493. The lowest BCUT2D eigenvalue weighted by atomic mass is 9.97. The third kappa shape index (κ3) is 3.13. The number of anilines is 1. The van der Waals surface area contributed by atoms with Gasteiger partial charge in [0.2, 0.25) is 0 Å². The van der Waals surface area contributed by atoms with Crippen molar-refractivity contribution in [2.24, 2.45) is 5.73 Å². The fraction of sp³-hybridized carbons (Fsp3) is 0.688. The Hall–Kier alpha value is -1.13. The van der Waals surface area contributed by atoms with Crippen LogP contribution in [0.15, 0.2) is 6.07 Å². The van der Waals surface area contributed by atoms with Crippen molar-refractivity contribution in [1.29, 1.82) is 0 Å². The van der Waals surface area contributed by atoms with E-state index in [-0.39, 0.29) is 11.2 Å². The summed E-state index contributed by atoms with van der Waals surface area (Å²) in [6.45, 7) is 14.9. The van der Waals surface area contributed by atoms with E-state index in [2.05, 4.69) is 43.6 Å². The third-order valence-electron chi connectivity index (χ3n) is 3.68. The number of pyridine rings is 1. The maximum absolute atomic E-state index is 6.16. The van der Waals surface area contributed by atoms with Gasteiger partial charge in [0.1, 0.15) is 0 Å². The highest BCUT2D eigenvalue weighted by atomic mass is 16.5. The molecule has 0 saturated carbocycles. The highest BCUT2D eigenvalue weighted by molar-refractivity contribution is 5.57. The van der Waals surface area contributed by atoms with E-state index in [1.54, 1.807) is 0 Å². The van der Waals surface area contributed by atoms with Crippen LogP contribution >= 0.6 is 0 Å². The summed E-state index contributed by atoms with van der Waals surface area (Å²) in [5.41, 5.74) is 10.0. The lowest BCUT2D eigenvalue weighted by molar-refractivity contribution is -0.133. The molecule has 0 bridgehead atoms. The van der Waals surface area contributed by atoms with Gasteiger partial charge in [0.15, 0.2) is 0 Å². The smallest absolute Gasteiger partial charge is 0.0808 e. The average Bonchev–Trinajstić information content (AvgIpc) is 2.23. The molecule has 1 fully saturated rings. The van der Waals surface area contributed by atoms with Crippen LogP contribution in [0.3, 0.4) is 0 Å². The Labute approximate surface area is 122 Å². The van der Waals surface area contributed by atoms with Gasteiger partial charge in [-0.25, -0.2) is 0 Å². The topological polar surface area (TPSA) is 51.4 Å². The number of hydrogen-bond acceptors (Lipinski definition) is 4. The molecular formula is C16H27N3O. The molecular weight excluding hydrogens is 250 g/mol. The molecule has 1 aromatic rings. The van der Waals surface area contributed by atoms with Gasteiger partial charge in [0.05, 0.1) is 11.2 Å². The van der Waals surface area contributed by atoms with Gasteiger partial charge < -0.3 is 15.4 Å². The Morgan fingerprint density at radius 3 is 2.25 bits per heavy atom. The maximum atomic E-state index is 6.16. The molecule has 1 aromatic heterocycles. The molecule has 0 atom stereocenters. The zero-order valence-electron chi connectivity index (χ0n) is 13.6.